The molecule has 1 aliphatic carbocycles. The zero-order valence-corrected chi connectivity index (χ0v) is 34.1. The summed E-state index contributed by atoms with van der Waals surface area (Å²) in [4.78, 5) is 57.4. The quantitative estimate of drug-likeness (QED) is 0.180. The number of methoxy groups -OCH3 is 2. The van der Waals surface area contributed by atoms with Crippen molar-refractivity contribution in [3.63, 3.8) is 0 Å². The first-order valence-electron chi connectivity index (χ1n) is 20.4. The SMILES string of the molecule is CCC1/C=C(\C)CC(C)CC(OC)C2OC(O)(C(=O)C(=O)N3CCCCC3C(=O)OC(C(C)=CC3CCC(O)C(O)C3)C(C)C(O)CC1=O)C(C)CC2OC. The lowest BCUT2D eigenvalue weighted by molar-refractivity contribution is -0.302. The van der Waals surface area contributed by atoms with Gasteiger partial charge in [0.2, 0.25) is 5.79 Å². The lowest BCUT2D eigenvalue weighted by atomic mass is 9.81. The molecule has 312 valence electrons. The second-order valence-corrected chi connectivity index (χ2v) is 16.9. The number of allylic oxidation sites excluding steroid dienone is 3. The number of hydrogen-bond donors (Lipinski definition) is 4. The molecule has 0 aromatic carbocycles. The third-order valence-corrected chi connectivity index (χ3v) is 12.6. The van der Waals surface area contributed by atoms with Crippen molar-refractivity contribution in [1.29, 1.82) is 0 Å². The van der Waals surface area contributed by atoms with Crippen molar-refractivity contribution >= 4 is 23.4 Å². The van der Waals surface area contributed by atoms with Gasteiger partial charge in [0, 0.05) is 44.9 Å². The molecular weight excluding hydrogens is 710 g/mol. The molecule has 2 saturated heterocycles. The van der Waals surface area contributed by atoms with Crippen molar-refractivity contribution in [3.8, 4) is 0 Å². The average molecular weight is 778 g/mol. The monoisotopic (exact) mass is 777 g/mol. The Morgan fingerprint density at radius 1 is 0.927 bits per heavy atom. The number of carbonyl (C=O) groups excluding carboxylic acids is 4. The molecule has 4 N–H and O–H groups in total. The van der Waals surface area contributed by atoms with Crippen LogP contribution in [-0.2, 0) is 38.1 Å². The highest BCUT2D eigenvalue weighted by atomic mass is 16.7. The Morgan fingerprint density at radius 3 is 2.24 bits per heavy atom. The molecule has 14 atom stereocenters. The van der Waals surface area contributed by atoms with Crippen molar-refractivity contribution in [1.82, 2.24) is 4.90 Å². The minimum Gasteiger partial charge on any atom is -0.456 e. The van der Waals surface area contributed by atoms with E-state index in [1.54, 1.807) is 20.8 Å². The van der Waals surface area contributed by atoms with Crippen molar-refractivity contribution in [2.45, 2.75) is 167 Å². The number of aliphatic hydroxyl groups excluding tert-OH is 3. The Labute approximate surface area is 326 Å². The summed E-state index contributed by atoms with van der Waals surface area (Å²) >= 11 is 0. The Bertz CT molecular complexity index is 1410. The van der Waals surface area contributed by atoms with Gasteiger partial charge in [0.05, 0.1) is 30.5 Å². The number of aliphatic hydroxyl groups is 4. The van der Waals surface area contributed by atoms with E-state index in [9.17, 15) is 39.6 Å². The molecule has 13 nitrogen and oxygen atoms in total. The van der Waals surface area contributed by atoms with Crippen molar-refractivity contribution < 1.29 is 58.6 Å². The molecule has 3 aliphatic heterocycles. The average Bonchev–Trinajstić information content (AvgIpc) is 3.15. The molecule has 0 radical (unpaired) electrons. The number of rotatable bonds is 5. The fraction of sp³-hybridized carbons (Fsp3) is 0.810. The molecule has 3 heterocycles. The van der Waals surface area contributed by atoms with Crippen LogP contribution >= 0.6 is 0 Å². The lowest BCUT2D eigenvalue weighted by Crippen LogP contribution is -2.64. The molecule has 55 heavy (non-hydrogen) atoms. The summed E-state index contributed by atoms with van der Waals surface area (Å²) in [6.45, 7) is 11.1. The Balaban J connectivity index is 1.76. The van der Waals surface area contributed by atoms with Crippen LogP contribution in [-0.4, -0.2) is 124 Å². The molecule has 0 aromatic heterocycles. The smallest absolute Gasteiger partial charge is 0.329 e. The lowest BCUT2D eigenvalue weighted by Gasteiger charge is -2.47. The standard InChI is InChI=1S/C42H67NO12/c1-9-29-17-23(2)16-24(3)18-35(52-7)38-36(53-8)20-26(5)42(51,55-38)39(48)40(49)43-15-11-10-12-30(43)41(50)54-37(27(6)32(45)22-33(29)46)25(4)19-28-13-14-31(44)34(47)21-28/h17,19,24,26-32,34-38,44-45,47,51H,9-16,18,20-22H2,1-8H3/b23-17+,25-19?. The van der Waals surface area contributed by atoms with Crippen LogP contribution in [0.3, 0.4) is 0 Å². The Kier molecular flexibility index (Phi) is 16.2. The number of fused-ring (bicyclic) bond motifs is 3. The van der Waals surface area contributed by atoms with Crippen molar-refractivity contribution in [3.05, 3.63) is 23.3 Å². The normalized spacial score (nSPS) is 42.1. The highest BCUT2D eigenvalue weighted by Crippen LogP contribution is 2.39. The van der Waals surface area contributed by atoms with Gasteiger partial charge in [-0.25, -0.2) is 4.79 Å². The van der Waals surface area contributed by atoms with E-state index in [0.717, 1.165) is 10.5 Å². The van der Waals surface area contributed by atoms with Crippen LogP contribution in [0.25, 0.3) is 0 Å². The van der Waals surface area contributed by atoms with E-state index >= 15 is 0 Å². The number of cyclic esters (lactones) is 1. The van der Waals surface area contributed by atoms with Crippen molar-refractivity contribution in [2.75, 3.05) is 20.8 Å². The first-order valence-corrected chi connectivity index (χ1v) is 20.4. The van der Waals surface area contributed by atoms with Gasteiger partial charge in [0.15, 0.2) is 0 Å². The molecule has 2 bridgehead atoms. The molecule has 4 rings (SSSR count). The highest BCUT2D eigenvalue weighted by molar-refractivity contribution is 6.39. The third-order valence-electron chi connectivity index (χ3n) is 12.6. The molecule has 1 saturated carbocycles. The van der Waals surface area contributed by atoms with Crippen LogP contribution in [0.2, 0.25) is 0 Å². The maximum atomic E-state index is 14.2. The summed E-state index contributed by atoms with van der Waals surface area (Å²) in [5, 5.41) is 44.0. The Morgan fingerprint density at radius 2 is 1.60 bits per heavy atom. The predicted octanol–water partition coefficient (Wildman–Crippen LogP) is 3.82. The number of piperidine rings is 1. The molecule has 3 fully saturated rings. The molecule has 1 amide bonds. The van der Waals surface area contributed by atoms with Gasteiger partial charge in [-0.2, -0.15) is 0 Å². The zero-order chi connectivity index (χ0) is 40.8. The van der Waals surface area contributed by atoms with E-state index in [-0.39, 0.29) is 43.4 Å². The van der Waals surface area contributed by atoms with Crippen LogP contribution in [0, 0.1) is 29.6 Å². The number of ketones is 2. The van der Waals surface area contributed by atoms with E-state index in [0.29, 0.717) is 56.9 Å². The first-order chi connectivity index (χ1) is 25.9. The summed E-state index contributed by atoms with van der Waals surface area (Å²) in [5.74, 6) is -7.77. The molecule has 0 aromatic rings. The number of carbonyl (C=O) groups is 4. The topological polar surface area (TPSA) is 189 Å². The van der Waals surface area contributed by atoms with Gasteiger partial charge in [-0.3, -0.25) is 14.4 Å². The Hall–Kier alpha value is -2.52. The second kappa shape index (κ2) is 19.8. The summed E-state index contributed by atoms with van der Waals surface area (Å²) in [6.07, 6.45) is 2.16. The van der Waals surface area contributed by atoms with Crippen molar-refractivity contribution in [2.24, 2.45) is 29.6 Å². The van der Waals surface area contributed by atoms with Gasteiger partial charge in [-0.05, 0) is 95.5 Å². The summed E-state index contributed by atoms with van der Waals surface area (Å²) < 4.78 is 24.1. The second-order valence-electron chi connectivity index (χ2n) is 16.9. The minimum absolute atomic E-state index is 0.0285. The number of esters is 1. The van der Waals surface area contributed by atoms with E-state index in [1.807, 2.05) is 32.9 Å². The zero-order valence-electron chi connectivity index (χ0n) is 34.1. The van der Waals surface area contributed by atoms with Gasteiger partial charge in [0.25, 0.3) is 11.7 Å². The van der Waals surface area contributed by atoms with Gasteiger partial charge in [-0.15, -0.1) is 0 Å². The van der Waals surface area contributed by atoms with Gasteiger partial charge >= 0.3 is 5.97 Å². The molecule has 0 spiro atoms. The van der Waals surface area contributed by atoms with Crippen LogP contribution in [0.15, 0.2) is 23.3 Å². The largest absolute Gasteiger partial charge is 0.456 e. The maximum absolute atomic E-state index is 14.2. The molecule has 4 aliphatic rings. The summed E-state index contributed by atoms with van der Waals surface area (Å²) in [5.41, 5.74) is 1.59. The van der Waals surface area contributed by atoms with Crippen LogP contribution in [0.1, 0.15) is 112 Å². The van der Waals surface area contributed by atoms with E-state index in [1.165, 1.54) is 14.2 Å². The van der Waals surface area contributed by atoms with E-state index in [2.05, 4.69) is 0 Å². The number of hydrogen-bond acceptors (Lipinski definition) is 12. The van der Waals surface area contributed by atoms with E-state index in [4.69, 9.17) is 18.9 Å². The van der Waals surface area contributed by atoms with Crippen LogP contribution in [0.4, 0.5) is 0 Å². The number of amides is 1. The van der Waals surface area contributed by atoms with E-state index < -0.39 is 90.0 Å². The highest BCUT2D eigenvalue weighted by Gasteiger charge is 2.56. The van der Waals surface area contributed by atoms with Crippen LogP contribution in [0.5, 0.6) is 0 Å². The molecule has 14 unspecified atom stereocenters. The maximum Gasteiger partial charge on any atom is 0.329 e. The predicted molar refractivity (Wildman–Crippen MR) is 203 cm³/mol. The fourth-order valence-corrected chi connectivity index (χ4v) is 9.16. The minimum atomic E-state index is -2.51. The van der Waals surface area contributed by atoms with Gasteiger partial charge in [0.1, 0.15) is 24.0 Å². The third kappa shape index (κ3) is 10.7. The fourth-order valence-electron chi connectivity index (χ4n) is 9.16. The molecule has 13 heteroatoms. The number of nitrogens with zero attached hydrogens (tertiary/aromatic N) is 1. The number of ether oxygens (including phenoxy) is 4. The summed E-state index contributed by atoms with van der Waals surface area (Å²) in [7, 11) is 3.05. The first kappa shape index (κ1) is 45.2. The summed E-state index contributed by atoms with van der Waals surface area (Å²) in [6, 6.07) is -1.15. The van der Waals surface area contributed by atoms with Gasteiger partial charge < -0.3 is 44.3 Å². The molecular formula is C42H67NO12. The number of Topliss-reactive ketones (excluding diaryl/α,β-unsaturated/α-hetero) is 2. The van der Waals surface area contributed by atoms with Gasteiger partial charge in [-0.1, -0.05) is 45.4 Å². The van der Waals surface area contributed by atoms with Crippen LogP contribution < -0.4 is 0 Å².